The number of aliphatic hydroxyl groups excluding tert-OH is 1. The third kappa shape index (κ3) is 2.35. The Labute approximate surface area is 158 Å². The standard InChI is InChI=1S/C21H28O6/c1-11-13-4-5-17-20(2,19(25)26-3)9-12(22)10-21(17,18(23)24)15(13)8-16-14(11)6-7-27-16/h6-7,11-13,15,17,22H,4-5,8-10H2,1-3H3,(H,23,24)/t11-,12+,13+,15+,17+,20-,21+/m1/s1. The van der Waals surface area contributed by atoms with Crippen molar-refractivity contribution in [2.24, 2.45) is 28.6 Å². The van der Waals surface area contributed by atoms with E-state index in [1.807, 2.05) is 6.07 Å². The summed E-state index contributed by atoms with van der Waals surface area (Å²) in [4.78, 5) is 25.5. The van der Waals surface area contributed by atoms with E-state index in [1.54, 1.807) is 13.2 Å². The molecule has 0 spiro atoms. The van der Waals surface area contributed by atoms with Crippen LogP contribution in [0.1, 0.15) is 56.8 Å². The number of fused-ring (bicyclic) bond motifs is 4. The first kappa shape index (κ1) is 18.5. The molecule has 0 aromatic carbocycles. The SMILES string of the molecule is COC(=O)[C@]1(C)C[C@H](O)C[C@@]2(C(=O)O)[C@H]1CC[C@H]1[C@@H](C)c3ccoc3C[C@@H]12. The summed E-state index contributed by atoms with van der Waals surface area (Å²) in [7, 11) is 1.33. The van der Waals surface area contributed by atoms with Gasteiger partial charge in [0.15, 0.2) is 0 Å². The smallest absolute Gasteiger partial charge is 0.311 e. The number of carboxylic acids is 1. The molecule has 0 bridgehead atoms. The van der Waals surface area contributed by atoms with Crippen LogP contribution in [0, 0.1) is 28.6 Å². The first-order valence-electron chi connectivity index (χ1n) is 9.81. The molecule has 0 saturated heterocycles. The van der Waals surface area contributed by atoms with E-state index in [4.69, 9.17) is 9.15 Å². The molecule has 3 aliphatic carbocycles. The van der Waals surface area contributed by atoms with Crippen LogP contribution in [0.5, 0.6) is 0 Å². The molecule has 1 aromatic rings. The molecule has 148 valence electrons. The van der Waals surface area contributed by atoms with Crippen LogP contribution < -0.4 is 0 Å². The number of methoxy groups -OCH3 is 1. The summed E-state index contributed by atoms with van der Waals surface area (Å²) in [5.41, 5.74) is -0.979. The fourth-order valence-electron chi connectivity index (χ4n) is 6.87. The molecule has 0 unspecified atom stereocenters. The van der Waals surface area contributed by atoms with E-state index in [2.05, 4.69) is 6.92 Å². The molecule has 6 heteroatoms. The quantitative estimate of drug-likeness (QED) is 0.770. The molecule has 1 aromatic heterocycles. The Balaban J connectivity index is 1.86. The first-order chi connectivity index (χ1) is 12.8. The Morgan fingerprint density at radius 1 is 1.30 bits per heavy atom. The van der Waals surface area contributed by atoms with E-state index in [1.165, 1.54) is 12.7 Å². The highest BCUT2D eigenvalue weighted by atomic mass is 16.5. The molecule has 7 atom stereocenters. The van der Waals surface area contributed by atoms with E-state index in [-0.39, 0.29) is 36.5 Å². The van der Waals surface area contributed by atoms with E-state index < -0.39 is 28.9 Å². The van der Waals surface area contributed by atoms with Crippen molar-refractivity contribution in [3.63, 3.8) is 0 Å². The zero-order chi connectivity index (χ0) is 19.6. The summed E-state index contributed by atoms with van der Waals surface area (Å²) < 4.78 is 10.7. The highest BCUT2D eigenvalue weighted by molar-refractivity contribution is 5.82. The third-order valence-corrected chi connectivity index (χ3v) is 7.96. The van der Waals surface area contributed by atoms with Crippen molar-refractivity contribution in [2.45, 2.75) is 58.0 Å². The maximum Gasteiger partial charge on any atom is 0.311 e. The van der Waals surface area contributed by atoms with Gasteiger partial charge in [-0.1, -0.05) is 6.92 Å². The largest absolute Gasteiger partial charge is 0.481 e. The summed E-state index contributed by atoms with van der Waals surface area (Å²) in [5.74, 6) is -0.585. The van der Waals surface area contributed by atoms with Gasteiger partial charge in [-0.15, -0.1) is 0 Å². The number of aliphatic hydroxyl groups is 1. The van der Waals surface area contributed by atoms with Crippen molar-refractivity contribution in [3.05, 3.63) is 23.7 Å². The average Bonchev–Trinajstić information content (AvgIpc) is 3.09. The number of ether oxygens (including phenoxy) is 1. The van der Waals surface area contributed by atoms with Crippen LogP contribution in [0.25, 0.3) is 0 Å². The number of carbonyl (C=O) groups excluding carboxylic acids is 1. The maximum atomic E-state index is 12.8. The normalized spacial score (nSPS) is 43.2. The molecule has 1 heterocycles. The summed E-state index contributed by atoms with van der Waals surface area (Å²) in [5, 5.41) is 21.1. The second-order valence-electron chi connectivity index (χ2n) is 9.01. The monoisotopic (exact) mass is 376 g/mol. The molecule has 3 aliphatic rings. The van der Waals surface area contributed by atoms with Crippen molar-refractivity contribution in [3.8, 4) is 0 Å². The van der Waals surface area contributed by atoms with Crippen LogP contribution in [0.15, 0.2) is 16.7 Å². The minimum Gasteiger partial charge on any atom is -0.481 e. The molecule has 0 aliphatic heterocycles. The molecule has 4 rings (SSSR count). The third-order valence-electron chi connectivity index (χ3n) is 7.96. The van der Waals surface area contributed by atoms with Crippen molar-refractivity contribution in [1.29, 1.82) is 0 Å². The molecule has 0 amide bonds. The number of furan rings is 1. The number of rotatable bonds is 2. The zero-order valence-corrected chi connectivity index (χ0v) is 16.1. The molecule has 2 fully saturated rings. The summed E-state index contributed by atoms with van der Waals surface area (Å²) in [6.45, 7) is 3.91. The topological polar surface area (TPSA) is 97.0 Å². The highest BCUT2D eigenvalue weighted by Gasteiger charge is 2.67. The van der Waals surface area contributed by atoms with Gasteiger partial charge < -0.3 is 19.4 Å². The first-order valence-corrected chi connectivity index (χ1v) is 9.81. The van der Waals surface area contributed by atoms with Crippen LogP contribution >= 0.6 is 0 Å². The van der Waals surface area contributed by atoms with Gasteiger partial charge in [0, 0.05) is 6.42 Å². The van der Waals surface area contributed by atoms with Gasteiger partial charge in [0.25, 0.3) is 0 Å². The minimum absolute atomic E-state index is 0.165. The van der Waals surface area contributed by atoms with Gasteiger partial charge in [0.1, 0.15) is 5.76 Å². The van der Waals surface area contributed by atoms with Crippen LogP contribution in [0.4, 0.5) is 0 Å². The van der Waals surface area contributed by atoms with Crippen molar-refractivity contribution >= 4 is 11.9 Å². The fraction of sp³-hybridized carbons (Fsp3) is 0.714. The second-order valence-corrected chi connectivity index (χ2v) is 9.01. The van der Waals surface area contributed by atoms with E-state index in [9.17, 15) is 19.8 Å². The van der Waals surface area contributed by atoms with Crippen molar-refractivity contribution in [2.75, 3.05) is 7.11 Å². The summed E-state index contributed by atoms with van der Waals surface area (Å²) in [6, 6.07) is 1.99. The number of carboxylic acid groups (broad SMARTS) is 1. The van der Waals surface area contributed by atoms with Crippen molar-refractivity contribution in [1.82, 2.24) is 0 Å². The molecule has 2 saturated carbocycles. The lowest BCUT2D eigenvalue weighted by Crippen LogP contribution is -2.63. The summed E-state index contributed by atoms with van der Waals surface area (Å²) in [6.07, 6.45) is 3.35. The molecule has 6 nitrogen and oxygen atoms in total. The van der Waals surface area contributed by atoms with Gasteiger partial charge in [-0.25, -0.2) is 0 Å². The molecular formula is C21H28O6. The summed E-state index contributed by atoms with van der Waals surface area (Å²) >= 11 is 0. The lowest BCUT2D eigenvalue weighted by atomic mass is 9.42. The Morgan fingerprint density at radius 2 is 2.04 bits per heavy atom. The predicted molar refractivity (Wildman–Crippen MR) is 96.0 cm³/mol. The molecule has 0 radical (unpaired) electrons. The highest BCUT2D eigenvalue weighted by Crippen LogP contribution is 2.65. The minimum atomic E-state index is -1.15. The van der Waals surface area contributed by atoms with E-state index >= 15 is 0 Å². The van der Waals surface area contributed by atoms with Gasteiger partial charge in [-0.2, -0.15) is 0 Å². The number of carbonyl (C=O) groups is 2. The molecule has 27 heavy (non-hydrogen) atoms. The number of hydrogen-bond donors (Lipinski definition) is 2. The number of esters is 1. The Bertz CT molecular complexity index is 768. The van der Waals surface area contributed by atoms with Gasteiger partial charge in [-0.05, 0) is 67.9 Å². The van der Waals surface area contributed by atoms with Gasteiger partial charge in [0.2, 0.25) is 0 Å². The van der Waals surface area contributed by atoms with Gasteiger partial charge in [0.05, 0.1) is 30.3 Å². The van der Waals surface area contributed by atoms with Crippen molar-refractivity contribution < 1.29 is 29.0 Å². The van der Waals surface area contributed by atoms with E-state index in [0.717, 1.165) is 12.2 Å². The van der Waals surface area contributed by atoms with Crippen LogP contribution in [0.3, 0.4) is 0 Å². The lowest BCUT2D eigenvalue weighted by Gasteiger charge is -2.60. The predicted octanol–water partition coefficient (Wildman–Crippen LogP) is 2.99. The number of aliphatic carboxylic acids is 1. The lowest BCUT2D eigenvalue weighted by molar-refractivity contribution is -0.203. The zero-order valence-electron chi connectivity index (χ0n) is 16.1. The fourth-order valence-corrected chi connectivity index (χ4v) is 6.87. The van der Waals surface area contributed by atoms with Crippen LogP contribution in [-0.2, 0) is 20.7 Å². The van der Waals surface area contributed by atoms with Crippen LogP contribution in [-0.4, -0.2) is 35.4 Å². The molecule has 2 N–H and O–H groups in total. The van der Waals surface area contributed by atoms with Gasteiger partial charge >= 0.3 is 11.9 Å². The average molecular weight is 376 g/mol. The van der Waals surface area contributed by atoms with Crippen LogP contribution in [0.2, 0.25) is 0 Å². The Kier molecular flexibility index (Phi) is 4.18. The molecular weight excluding hydrogens is 348 g/mol. The van der Waals surface area contributed by atoms with E-state index in [0.29, 0.717) is 12.8 Å². The Morgan fingerprint density at radius 3 is 2.70 bits per heavy atom. The van der Waals surface area contributed by atoms with Gasteiger partial charge in [-0.3, -0.25) is 9.59 Å². The number of hydrogen-bond acceptors (Lipinski definition) is 5. The Hall–Kier alpha value is -1.82. The second kappa shape index (κ2) is 6.09. The maximum absolute atomic E-state index is 12.8.